The molecule has 10 heteroatoms. The largest absolute Gasteiger partial charge is 0.395 e. The molecule has 1 saturated carbocycles. The lowest BCUT2D eigenvalue weighted by Crippen LogP contribution is -2.52. The van der Waals surface area contributed by atoms with Crippen molar-refractivity contribution in [3.05, 3.63) is 48.4 Å². The molecule has 2 saturated heterocycles. The number of piperidine rings is 1. The molecule has 10 nitrogen and oxygen atoms in total. The third kappa shape index (κ3) is 5.18. The number of anilines is 1. The van der Waals surface area contributed by atoms with Gasteiger partial charge in [0.2, 0.25) is 5.91 Å². The van der Waals surface area contributed by atoms with Gasteiger partial charge in [-0.05, 0) is 50.8 Å². The van der Waals surface area contributed by atoms with Crippen LogP contribution < -0.4 is 4.90 Å². The summed E-state index contributed by atoms with van der Waals surface area (Å²) in [6, 6.07) is 10.8. The summed E-state index contributed by atoms with van der Waals surface area (Å²) < 4.78 is 7.98. The summed E-state index contributed by atoms with van der Waals surface area (Å²) in [5.41, 5.74) is 4.72. The number of piperazine rings is 1. The van der Waals surface area contributed by atoms with Gasteiger partial charge in [-0.15, -0.1) is 0 Å². The van der Waals surface area contributed by atoms with Crippen molar-refractivity contribution >= 4 is 17.1 Å². The number of rotatable bonds is 7. The van der Waals surface area contributed by atoms with E-state index in [1.54, 1.807) is 7.11 Å². The van der Waals surface area contributed by atoms with E-state index in [1.165, 1.54) is 0 Å². The van der Waals surface area contributed by atoms with Crippen molar-refractivity contribution in [1.82, 2.24) is 24.4 Å². The maximum Gasteiger partial charge on any atom is 0.225 e. The molecule has 1 aliphatic carbocycles. The SMILES string of the molecule is COC1(c2ccc(-c3cc4c(N5CCN(C(=O)C6CC(C#N)C6)CC5)ccnn4c3)nc2)CCN([C@H](C)CO)CC1. The number of hydrogen-bond acceptors (Lipinski definition) is 8. The number of carbonyl (C=O) groups is 1. The van der Waals surface area contributed by atoms with Gasteiger partial charge in [-0.1, -0.05) is 6.07 Å². The van der Waals surface area contributed by atoms with E-state index in [0.717, 1.165) is 67.0 Å². The third-order valence-electron chi connectivity index (χ3n) is 9.56. The highest BCUT2D eigenvalue weighted by Crippen LogP contribution is 2.38. The number of amides is 1. The number of fused-ring (bicyclic) bond motifs is 1. The zero-order valence-corrected chi connectivity index (χ0v) is 23.9. The number of carbonyl (C=O) groups excluding carboxylic acids is 1. The van der Waals surface area contributed by atoms with Gasteiger partial charge in [-0.25, -0.2) is 4.52 Å². The average molecular weight is 558 g/mol. The second kappa shape index (κ2) is 11.4. The Kier molecular flexibility index (Phi) is 7.68. The normalized spacial score (nSPS) is 23.7. The Labute approximate surface area is 241 Å². The molecule has 0 aromatic carbocycles. The zero-order chi connectivity index (χ0) is 28.6. The Balaban J connectivity index is 1.14. The number of nitrogens with zero attached hydrogens (tertiary/aromatic N) is 7. The summed E-state index contributed by atoms with van der Waals surface area (Å²) in [5.74, 6) is 0.272. The Morgan fingerprint density at radius 1 is 1.17 bits per heavy atom. The van der Waals surface area contributed by atoms with Crippen LogP contribution >= 0.6 is 0 Å². The fourth-order valence-corrected chi connectivity index (χ4v) is 6.64. The fourth-order valence-electron chi connectivity index (χ4n) is 6.64. The van der Waals surface area contributed by atoms with E-state index >= 15 is 0 Å². The van der Waals surface area contributed by atoms with Crippen molar-refractivity contribution < 1.29 is 14.6 Å². The van der Waals surface area contributed by atoms with Gasteiger partial charge in [-0.3, -0.25) is 14.7 Å². The predicted molar refractivity (Wildman–Crippen MR) is 155 cm³/mol. The van der Waals surface area contributed by atoms with E-state index in [-0.39, 0.29) is 36.0 Å². The third-order valence-corrected chi connectivity index (χ3v) is 9.56. The molecule has 2 aliphatic heterocycles. The number of nitriles is 1. The summed E-state index contributed by atoms with van der Waals surface area (Å²) in [5, 5.41) is 23.1. The van der Waals surface area contributed by atoms with Crippen molar-refractivity contribution in [3.8, 4) is 17.3 Å². The van der Waals surface area contributed by atoms with Crippen LogP contribution in [0.5, 0.6) is 0 Å². The lowest BCUT2D eigenvalue weighted by Gasteiger charge is -2.42. The van der Waals surface area contributed by atoms with E-state index in [2.05, 4.69) is 46.1 Å². The highest BCUT2D eigenvalue weighted by molar-refractivity contribution is 5.81. The van der Waals surface area contributed by atoms with E-state index in [4.69, 9.17) is 15.0 Å². The van der Waals surface area contributed by atoms with Crippen molar-refractivity contribution in [2.75, 3.05) is 57.9 Å². The zero-order valence-electron chi connectivity index (χ0n) is 23.9. The monoisotopic (exact) mass is 557 g/mol. The minimum atomic E-state index is -0.364. The molecule has 0 unspecified atom stereocenters. The molecule has 216 valence electrons. The van der Waals surface area contributed by atoms with Gasteiger partial charge in [0.05, 0.1) is 35.2 Å². The number of aliphatic hydroxyl groups excluding tert-OH is 1. The Morgan fingerprint density at radius 3 is 2.56 bits per heavy atom. The molecule has 5 heterocycles. The topological polar surface area (TPSA) is 110 Å². The predicted octanol–water partition coefficient (Wildman–Crippen LogP) is 2.91. The van der Waals surface area contributed by atoms with Crippen molar-refractivity contribution in [1.29, 1.82) is 5.26 Å². The lowest BCUT2D eigenvalue weighted by atomic mass is 9.75. The van der Waals surface area contributed by atoms with E-state index in [0.29, 0.717) is 25.9 Å². The van der Waals surface area contributed by atoms with Gasteiger partial charge >= 0.3 is 0 Å². The van der Waals surface area contributed by atoms with E-state index < -0.39 is 0 Å². The second-order valence-corrected chi connectivity index (χ2v) is 11.8. The number of methoxy groups -OCH3 is 1. The molecule has 3 aliphatic rings. The van der Waals surface area contributed by atoms with Crippen LogP contribution in [0.25, 0.3) is 16.8 Å². The van der Waals surface area contributed by atoms with Gasteiger partial charge in [-0.2, -0.15) is 10.4 Å². The van der Waals surface area contributed by atoms with Crippen LogP contribution in [0, 0.1) is 23.2 Å². The average Bonchev–Trinajstić information content (AvgIpc) is 3.45. The Hall–Kier alpha value is -3.52. The van der Waals surface area contributed by atoms with Gasteiger partial charge in [0, 0.05) is 94.0 Å². The summed E-state index contributed by atoms with van der Waals surface area (Å²) in [6.45, 7) is 6.89. The first kappa shape index (κ1) is 27.6. The molecule has 1 N–H and O–H groups in total. The fraction of sp³-hybridized carbons (Fsp3) is 0.548. The first-order chi connectivity index (χ1) is 19.9. The number of hydrogen-bond donors (Lipinski definition) is 1. The van der Waals surface area contributed by atoms with E-state index in [1.807, 2.05) is 34.1 Å². The molecule has 3 aromatic heterocycles. The Morgan fingerprint density at radius 2 is 1.93 bits per heavy atom. The number of ether oxygens (including phenoxy) is 1. The standard InChI is InChI=1S/C31H39N7O3/c1-22(21-39)35-9-6-31(41-2,7-10-35)26-3-4-27(33-19-26)25-17-29-28(5-8-34-38(29)20-25)36-11-13-37(14-12-36)30(40)24-15-23(16-24)18-32/h3-5,8,17,19-20,22-24,39H,6-7,9-16,21H2,1-2H3/t22-,23?,24?/m1/s1. The van der Waals surface area contributed by atoms with Crippen LogP contribution in [0.4, 0.5) is 5.69 Å². The Bertz CT molecular complexity index is 1410. The molecule has 41 heavy (non-hydrogen) atoms. The maximum atomic E-state index is 12.8. The summed E-state index contributed by atoms with van der Waals surface area (Å²) in [6.07, 6.45) is 8.91. The highest BCUT2D eigenvalue weighted by atomic mass is 16.5. The quantitative estimate of drug-likeness (QED) is 0.472. The second-order valence-electron chi connectivity index (χ2n) is 11.8. The molecule has 1 amide bonds. The first-order valence-electron chi connectivity index (χ1n) is 14.7. The van der Waals surface area contributed by atoms with E-state index in [9.17, 15) is 9.90 Å². The smallest absolute Gasteiger partial charge is 0.225 e. The summed E-state index contributed by atoms with van der Waals surface area (Å²) >= 11 is 0. The van der Waals surface area contributed by atoms with Crippen LogP contribution in [0.1, 0.15) is 38.2 Å². The highest BCUT2D eigenvalue weighted by Gasteiger charge is 2.39. The number of aromatic nitrogens is 3. The van der Waals surface area contributed by atoms with Gasteiger partial charge in [0.15, 0.2) is 0 Å². The number of aliphatic hydroxyl groups is 1. The minimum Gasteiger partial charge on any atom is -0.395 e. The lowest BCUT2D eigenvalue weighted by molar-refractivity contribution is -0.139. The molecular formula is C31H39N7O3. The van der Waals surface area contributed by atoms with Crippen LogP contribution in [0.15, 0.2) is 42.9 Å². The van der Waals surface area contributed by atoms with Crippen LogP contribution in [0.3, 0.4) is 0 Å². The molecule has 0 spiro atoms. The van der Waals surface area contributed by atoms with Crippen LogP contribution in [-0.2, 0) is 15.1 Å². The first-order valence-corrected chi connectivity index (χ1v) is 14.7. The molecule has 6 rings (SSSR count). The number of likely N-dealkylation sites (tertiary alicyclic amines) is 1. The van der Waals surface area contributed by atoms with Crippen LogP contribution in [0.2, 0.25) is 0 Å². The summed E-state index contributed by atoms with van der Waals surface area (Å²) in [4.78, 5) is 24.3. The molecule has 0 bridgehead atoms. The van der Waals surface area contributed by atoms with Crippen molar-refractivity contribution in [3.63, 3.8) is 0 Å². The molecular weight excluding hydrogens is 518 g/mol. The van der Waals surface area contributed by atoms with Gasteiger partial charge in [0.25, 0.3) is 0 Å². The van der Waals surface area contributed by atoms with Crippen molar-refractivity contribution in [2.45, 2.75) is 44.2 Å². The van der Waals surface area contributed by atoms with Crippen molar-refractivity contribution in [2.24, 2.45) is 11.8 Å². The summed E-state index contributed by atoms with van der Waals surface area (Å²) in [7, 11) is 1.78. The van der Waals surface area contributed by atoms with Crippen LogP contribution in [-0.4, -0.2) is 94.4 Å². The molecule has 0 radical (unpaired) electrons. The molecule has 1 atom stereocenters. The minimum absolute atomic E-state index is 0.0208. The van der Waals surface area contributed by atoms with Gasteiger partial charge in [0.1, 0.15) is 0 Å². The molecule has 3 aromatic rings. The van der Waals surface area contributed by atoms with Gasteiger partial charge < -0.3 is 19.6 Å². The maximum absolute atomic E-state index is 12.8. The number of pyridine rings is 1. The molecule has 3 fully saturated rings.